The maximum atomic E-state index is 13.6. The van der Waals surface area contributed by atoms with Gasteiger partial charge in [0.1, 0.15) is 17.9 Å². The zero-order valence-corrected chi connectivity index (χ0v) is 12.9. The van der Waals surface area contributed by atoms with Gasteiger partial charge in [-0.2, -0.15) is 0 Å². The van der Waals surface area contributed by atoms with Crippen LogP contribution >= 0.6 is 15.9 Å². The number of nitrogens with one attached hydrogen (secondary N) is 1. The largest absolute Gasteiger partial charge is 0.342 e. The first-order valence-electron chi connectivity index (χ1n) is 6.54. The molecule has 4 nitrogen and oxygen atoms in total. The third-order valence-electron chi connectivity index (χ3n) is 3.38. The smallest absolute Gasteiger partial charge is 0.250 e. The van der Waals surface area contributed by atoms with E-state index < -0.39 is 17.9 Å². The second-order valence-corrected chi connectivity index (χ2v) is 5.69. The fraction of sp³-hybridized carbons (Fsp3) is 0.429. The normalized spacial score (nSPS) is 22.9. The zero-order chi connectivity index (χ0) is 14.9. The number of benzene rings is 1. The van der Waals surface area contributed by atoms with E-state index in [2.05, 4.69) is 21.2 Å². The van der Waals surface area contributed by atoms with Crippen LogP contribution < -0.4 is 10.2 Å². The first-order valence-corrected chi connectivity index (χ1v) is 7.33. The van der Waals surface area contributed by atoms with Crippen molar-refractivity contribution >= 4 is 33.4 Å². The fourth-order valence-electron chi connectivity index (χ4n) is 2.30. The third kappa shape index (κ3) is 2.70. The molecule has 2 rings (SSSR count). The lowest BCUT2D eigenvalue weighted by atomic mass is 10.0. The molecule has 0 bridgehead atoms. The lowest BCUT2D eigenvalue weighted by Crippen LogP contribution is -2.62. The minimum atomic E-state index is -0.642. The second kappa shape index (κ2) is 5.91. The van der Waals surface area contributed by atoms with Crippen LogP contribution in [0.25, 0.3) is 0 Å². The van der Waals surface area contributed by atoms with E-state index in [1.165, 1.54) is 17.0 Å². The monoisotopic (exact) mass is 342 g/mol. The summed E-state index contributed by atoms with van der Waals surface area (Å²) in [6, 6.07) is 3.25. The SMILES string of the molecule is CCCC1NC(=O)C(C)N(c2ccc(Br)c(F)c2)C1=O. The summed E-state index contributed by atoms with van der Waals surface area (Å²) in [5, 5.41) is 2.71. The number of carbonyl (C=O) groups excluding carboxylic acids is 2. The third-order valence-corrected chi connectivity index (χ3v) is 4.02. The van der Waals surface area contributed by atoms with E-state index in [-0.39, 0.29) is 11.8 Å². The Morgan fingerprint density at radius 3 is 2.70 bits per heavy atom. The minimum absolute atomic E-state index is 0.194. The molecule has 0 aromatic heterocycles. The molecule has 0 saturated carbocycles. The van der Waals surface area contributed by atoms with Crippen LogP contribution in [-0.4, -0.2) is 23.9 Å². The molecule has 108 valence electrons. The molecule has 2 atom stereocenters. The van der Waals surface area contributed by atoms with Crippen molar-refractivity contribution in [3.8, 4) is 0 Å². The van der Waals surface area contributed by atoms with Crippen molar-refractivity contribution in [2.24, 2.45) is 0 Å². The van der Waals surface area contributed by atoms with E-state index in [1.807, 2.05) is 6.92 Å². The number of hydrogen-bond donors (Lipinski definition) is 1. The van der Waals surface area contributed by atoms with E-state index in [4.69, 9.17) is 0 Å². The molecule has 1 N–H and O–H groups in total. The van der Waals surface area contributed by atoms with Gasteiger partial charge in [0.15, 0.2) is 0 Å². The quantitative estimate of drug-likeness (QED) is 0.917. The molecule has 20 heavy (non-hydrogen) atoms. The highest BCUT2D eigenvalue weighted by Gasteiger charge is 2.38. The van der Waals surface area contributed by atoms with Gasteiger partial charge in [0.25, 0.3) is 0 Å². The second-order valence-electron chi connectivity index (χ2n) is 4.83. The maximum absolute atomic E-state index is 13.6. The predicted molar refractivity (Wildman–Crippen MR) is 77.9 cm³/mol. The summed E-state index contributed by atoms with van der Waals surface area (Å²) in [7, 11) is 0. The van der Waals surface area contributed by atoms with Crippen LogP contribution in [0, 0.1) is 5.82 Å². The highest BCUT2D eigenvalue weighted by atomic mass is 79.9. The molecule has 1 aliphatic heterocycles. The molecular formula is C14H16BrFN2O2. The molecule has 1 fully saturated rings. The number of nitrogens with zero attached hydrogens (tertiary/aromatic N) is 1. The van der Waals surface area contributed by atoms with Crippen molar-refractivity contribution in [2.75, 3.05) is 4.90 Å². The topological polar surface area (TPSA) is 49.4 Å². The van der Waals surface area contributed by atoms with Crippen LogP contribution in [0.4, 0.5) is 10.1 Å². The Morgan fingerprint density at radius 2 is 2.10 bits per heavy atom. The van der Waals surface area contributed by atoms with E-state index >= 15 is 0 Å². The Bertz CT molecular complexity index is 550. The number of amides is 2. The van der Waals surface area contributed by atoms with Crippen molar-refractivity contribution in [3.63, 3.8) is 0 Å². The number of halogens is 2. The standard InChI is InChI=1S/C14H16BrFN2O2/c1-3-4-12-14(20)18(8(2)13(19)17-12)9-5-6-10(15)11(16)7-9/h5-8,12H,3-4H2,1-2H3,(H,17,19). The van der Waals surface area contributed by atoms with Crippen LogP contribution in [0.1, 0.15) is 26.7 Å². The van der Waals surface area contributed by atoms with Gasteiger partial charge in [0, 0.05) is 5.69 Å². The molecule has 1 aromatic carbocycles. The lowest BCUT2D eigenvalue weighted by Gasteiger charge is -2.37. The van der Waals surface area contributed by atoms with Crippen molar-refractivity contribution < 1.29 is 14.0 Å². The minimum Gasteiger partial charge on any atom is -0.342 e. The summed E-state index contributed by atoms with van der Waals surface area (Å²) in [6.45, 7) is 3.58. The zero-order valence-electron chi connectivity index (χ0n) is 11.3. The van der Waals surface area contributed by atoms with Gasteiger partial charge in [-0.3, -0.25) is 14.5 Å². The van der Waals surface area contributed by atoms with Gasteiger partial charge in [0.2, 0.25) is 11.8 Å². The molecule has 1 heterocycles. The molecule has 1 saturated heterocycles. The number of rotatable bonds is 3. The summed E-state index contributed by atoms with van der Waals surface area (Å²) in [6.07, 6.45) is 1.36. The molecule has 0 radical (unpaired) electrons. The maximum Gasteiger partial charge on any atom is 0.250 e. The van der Waals surface area contributed by atoms with Crippen molar-refractivity contribution in [3.05, 3.63) is 28.5 Å². The van der Waals surface area contributed by atoms with Crippen LogP contribution in [0.5, 0.6) is 0 Å². The molecule has 0 spiro atoms. The lowest BCUT2D eigenvalue weighted by molar-refractivity contribution is -0.133. The highest BCUT2D eigenvalue weighted by Crippen LogP contribution is 2.26. The van der Waals surface area contributed by atoms with Gasteiger partial charge in [-0.05, 0) is 47.5 Å². The van der Waals surface area contributed by atoms with E-state index in [9.17, 15) is 14.0 Å². The van der Waals surface area contributed by atoms with Gasteiger partial charge in [-0.25, -0.2) is 4.39 Å². The summed E-state index contributed by atoms with van der Waals surface area (Å²) in [4.78, 5) is 25.8. The average molecular weight is 343 g/mol. The van der Waals surface area contributed by atoms with Crippen LogP contribution in [0.15, 0.2) is 22.7 Å². The van der Waals surface area contributed by atoms with Gasteiger partial charge in [-0.15, -0.1) is 0 Å². The molecule has 6 heteroatoms. The first kappa shape index (κ1) is 15.0. The average Bonchev–Trinajstić information content (AvgIpc) is 2.40. The van der Waals surface area contributed by atoms with E-state index in [0.29, 0.717) is 16.6 Å². The Kier molecular flexibility index (Phi) is 4.42. The van der Waals surface area contributed by atoms with E-state index in [1.54, 1.807) is 13.0 Å². The van der Waals surface area contributed by atoms with Gasteiger partial charge >= 0.3 is 0 Å². The predicted octanol–water partition coefficient (Wildman–Crippen LogP) is 2.61. The van der Waals surface area contributed by atoms with Crippen LogP contribution in [-0.2, 0) is 9.59 Å². The van der Waals surface area contributed by atoms with Crippen molar-refractivity contribution in [2.45, 2.75) is 38.8 Å². The number of hydrogen-bond acceptors (Lipinski definition) is 2. The van der Waals surface area contributed by atoms with Gasteiger partial charge in [-0.1, -0.05) is 13.3 Å². The summed E-state index contributed by atoms with van der Waals surface area (Å²) in [5.41, 5.74) is 0.402. The summed E-state index contributed by atoms with van der Waals surface area (Å²) < 4.78 is 14.0. The Balaban J connectivity index is 2.37. The number of carbonyl (C=O) groups is 2. The Hall–Kier alpha value is -1.43. The Morgan fingerprint density at radius 1 is 1.40 bits per heavy atom. The molecule has 1 aliphatic rings. The van der Waals surface area contributed by atoms with Gasteiger partial charge in [0.05, 0.1) is 4.47 Å². The van der Waals surface area contributed by atoms with E-state index in [0.717, 1.165) is 6.42 Å². The van der Waals surface area contributed by atoms with Crippen molar-refractivity contribution in [1.82, 2.24) is 5.32 Å². The van der Waals surface area contributed by atoms with Crippen molar-refractivity contribution in [1.29, 1.82) is 0 Å². The molecule has 2 unspecified atom stereocenters. The summed E-state index contributed by atoms with van der Waals surface area (Å²) >= 11 is 3.07. The number of piperazine rings is 1. The highest BCUT2D eigenvalue weighted by molar-refractivity contribution is 9.10. The number of anilines is 1. The van der Waals surface area contributed by atoms with Gasteiger partial charge < -0.3 is 5.32 Å². The van der Waals surface area contributed by atoms with Crippen LogP contribution in [0.3, 0.4) is 0 Å². The van der Waals surface area contributed by atoms with Crippen LogP contribution in [0.2, 0.25) is 0 Å². The summed E-state index contributed by atoms with van der Waals surface area (Å²) in [5.74, 6) is -0.868. The molecule has 2 amide bonds. The molecule has 0 aliphatic carbocycles. The fourth-order valence-corrected chi connectivity index (χ4v) is 2.55. The Labute approximate surface area is 125 Å². The first-order chi connectivity index (χ1) is 9.45. The molecular weight excluding hydrogens is 327 g/mol. The molecule has 1 aromatic rings.